The number of nitrogens with zero attached hydrogens (tertiary/aromatic N) is 3. The average molecular weight is 443 g/mol. The second kappa shape index (κ2) is 8.59. The second-order valence-electron chi connectivity index (χ2n) is 10.8. The van der Waals surface area contributed by atoms with Crippen LogP contribution >= 0.6 is 0 Å². The first kappa shape index (κ1) is 22.9. The maximum absolute atomic E-state index is 9.80. The fourth-order valence-corrected chi connectivity index (χ4v) is 3.96. The van der Waals surface area contributed by atoms with Crippen molar-refractivity contribution in [1.82, 2.24) is 0 Å². The van der Waals surface area contributed by atoms with Gasteiger partial charge in [-0.3, -0.25) is 0 Å². The van der Waals surface area contributed by atoms with Crippen molar-refractivity contribution >= 4 is 11.8 Å². The third-order valence-corrected chi connectivity index (χ3v) is 6.16. The predicted octanol–water partition coefficient (Wildman–Crippen LogP) is 6.02. The highest BCUT2D eigenvalue weighted by Crippen LogP contribution is 2.32. The summed E-state index contributed by atoms with van der Waals surface area (Å²) in [5.41, 5.74) is 4.89. The van der Waals surface area contributed by atoms with Crippen molar-refractivity contribution in [3.8, 4) is 6.07 Å². The highest BCUT2D eigenvalue weighted by atomic mass is 16.5. The van der Waals surface area contributed by atoms with Crippen LogP contribution in [0.3, 0.4) is 0 Å². The lowest BCUT2D eigenvalue weighted by Gasteiger charge is -2.19. The van der Waals surface area contributed by atoms with Crippen LogP contribution < -0.4 is 0 Å². The van der Waals surface area contributed by atoms with Gasteiger partial charge in [-0.1, -0.05) is 90.1 Å². The van der Waals surface area contributed by atoms with E-state index in [9.17, 15) is 5.26 Å². The largest absolute Gasteiger partial charge is 0.442 e. The summed E-state index contributed by atoms with van der Waals surface area (Å²) in [4.78, 5) is 9.35. The van der Waals surface area contributed by atoms with E-state index < -0.39 is 0 Å². The Morgan fingerprint density at radius 3 is 1.39 bits per heavy atom. The second-order valence-corrected chi connectivity index (χ2v) is 10.8. The number of hydrogen-bond donors (Lipinski definition) is 0. The minimum atomic E-state index is -0.139. The van der Waals surface area contributed by atoms with Crippen molar-refractivity contribution in [2.75, 3.05) is 13.2 Å². The summed E-state index contributed by atoms with van der Waals surface area (Å²) < 4.78 is 11.6. The van der Waals surface area contributed by atoms with Crippen LogP contribution in [0.2, 0.25) is 0 Å². The molecule has 2 heterocycles. The maximum Gasteiger partial charge on any atom is 0.413 e. The first-order valence-corrected chi connectivity index (χ1v) is 11.5. The van der Waals surface area contributed by atoms with Crippen molar-refractivity contribution < 1.29 is 9.47 Å². The zero-order valence-electron chi connectivity index (χ0n) is 20.3. The Morgan fingerprint density at radius 1 is 0.727 bits per heavy atom. The van der Waals surface area contributed by atoms with Crippen LogP contribution in [0.1, 0.15) is 75.9 Å². The van der Waals surface area contributed by atoms with Crippen molar-refractivity contribution in [2.45, 2.75) is 64.5 Å². The van der Waals surface area contributed by atoms with Gasteiger partial charge < -0.3 is 9.47 Å². The van der Waals surface area contributed by atoms with Crippen molar-refractivity contribution in [1.29, 1.82) is 5.26 Å². The Balaban J connectivity index is 1.49. The lowest BCUT2D eigenvalue weighted by atomic mass is 9.86. The van der Waals surface area contributed by atoms with Gasteiger partial charge in [0.15, 0.2) is 0 Å². The molecule has 0 saturated carbocycles. The van der Waals surface area contributed by atoms with E-state index in [4.69, 9.17) is 9.47 Å². The molecular weight excluding hydrogens is 410 g/mol. The van der Waals surface area contributed by atoms with Gasteiger partial charge in [-0.15, -0.1) is 5.26 Å². The molecular formula is C28H32N3O2+. The van der Waals surface area contributed by atoms with Crippen molar-refractivity contribution in [3.63, 3.8) is 0 Å². The minimum absolute atomic E-state index is 0.0997. The molecule has 0 radical (unpaired) electrons. The lowest BCUT2D eigenvalue weighted by Crippen LogP contribution is -2.21. The molecule has 0 spiro atoms. The van der Waals surface area contributed by atoms with Gasteiger partial charge in [0, 0.05) is 0 Å². The fourth-order valence-electron chi connectivity index (χ4n) is 3.96. The molecule has 5 nitrogen and oxygen atoms in total. The van der Waals surface area contributed by atoms with Crippen LogP contribution in [0.15, 0.2) is 58.5 Å². The molecule has 2 atom stereocenters. The molecule has 2 aliphatic heterocycles. The monoisotopic (exact) mass is 442 g/mol. The number of ether oxygens (including phenoxy) is 2. The van der Waals surface area contributed by atoms with Gasteiger partial charge in [-0.05, 0) is 33.1 Å². The van der Waals surface area contributed by atoms with Gasteiger partial charge in [-0.2, -0.15) is 9.98 Å². The molecule has 0 N–H and O–H groups in total. The maximum atomic E-state index is 9.80. The first-order valence-electron chi connectivity index (χ1n) is 11.5. The van der Waals surface area contributed by atoms with Crippen LogP contribution in [0.5, 0.6) is 0 Å². The van der Waals surface area contributed by atoms with Crippen LogP contribution in [0, 0.1) is 17.2 Å². The van der Waals surface area contributed by atoms with E-state index in [-0.39, 0.29) is 28.8 Å². The zero-order chi connectivity index (χ0) is 23.8. The minimum Gasteiger partial charge on any atom is -0.442 e. The van der Waals surface area contributed by atoms with Gasteiger partial charge in [0.25, 0.3) is 0 Å². The quantitative estimate of drug-likeness (QED) is 0.544. The number of aliphatic imine (C=N–C) groups is 2. The molecule has 0 aliphatic carbocycles. The summed E-state index contributed by atoms with van der Waals surface area (Å²) in [5, 5.41) is 9.80. The molecule has 0 aromatic heterocycles. The van der Waals surface area contributed by atoms with E-state index in [1.807, 2.05) is 0 Å². The molecule has 2 aromatic carbocycles. The Hall–Kier alpha value is -3.26. The molecule has 4 rings (SSSR count). The molecule has 2 aromatic rings. The Morgan fingerprint density at radius 2 is 1.09 bits per heavy atom. The van der Waals surface area contributed by atoms with Crippen LogP contribution in [0.25, 0.3) is 0 Å². The van der Waals surface area contributed by atoms with Gasteiger partial charge in [0.1, 0.15) is 25.3 Å². The molecule has 0 fully saturated rings. The Labute approximate surface area is 197 Å². The number of rotatable bonds is 4. The van der Waals surface area contributed by atoms with Crippen LogP contribution in [-0.4, -0.2) is 25.0 Å². The fraction of sp³-hybridized carbons (Fsp3) is 0.429. The molecule has 170 valence electrons. The van der Waals surface area contributed by atoms with Gasteiger partial charge in [0.2, 0.25) is 0 Å². The molecule has 0 bridgehead atoms. The number of nitriles is 1. The summed E-state index contributed by atoms with van der Waals surface area (Å²) in [6, 6.07) is 18.8. The Kier molecular flexibility index (Phi) is 5.97. The van der Waals surface area contributed by atoms with E-state index >= 15 is 0 Å². The van der Waals surface area contributed by atoms with Gasteiger partial charge in [0.05, 0.1) is 0 Å². The summed E-state index contributed by atoms with van der Waals surface area (Å²) in [7, 11) is 0. The van der Waals surface area contributed by atoms with Crippen molar-refractivity contribution in [3.05, 3.63) is 76.7 Å². The van der Waals surface area contributed by atoms with E-state index in [2.05, 4.69) is 106 Å². The molecule has 0 amide bonds. The van der Waals surface area contributed by atoms with Crippen LogP contribution in [0.4, 0.5) is 0 Å². The third kappa shape index (κ3) is 4.90. The van der Waals surface area contributed by atoms with Crippen molar-refractivity contribution in [2.24, 2.45) is 9.98 Å². The first-order chi connectivity index (χ1) is 15.6. The van der Waals surface area contributed by atoms with Crippen LogP contribution in [-0.2, 0) is 20.3 Å². The Bertz CT molecular complexity index is 1010. The highest BCUT2D eigenvalue weighted by Gasteiger charge is 2.48. The zero-order valence-corrected chi connectivity index (χ0v) is 20.3. The molecule has 0 saturated heterocycles. The standard InChI is InChI=1S/C28H32N3O2/c1-27(2,3)20-11-7-18(8-12-20)23-16-32-25(30-23)22(15-29)26-31-24(17-33-26)19-9-13-21(14-10-19)28(4,5)6/h7-14,23-24H,16-17H2,1-6H3/q+1. The van der Waals surface area contributed by atoms with E-state index in [0.717, 1.165) is 11.1 Å². The molecule has 5 heteroatoms. The van der Waals surface area contributed by atoms with E-state index in [1.54, 1.807) is 0 Å². The highest BCUT2D eigenvalue weighted by molar-refractivity contribution is 6.18. The lowest BCUT2D eigenvalue weighted by molar-refractivity contribution is 0.306. The summed E-state index contributed by atoms with van der Waals surface area (Å²) in [6.07, 6.45) is 0. The number of hydrogen-bond acceptors (Lipinski definition) is 5. The van der Waals surface area contributed by atoms with Gasteiger partial charge >= 0.3 is 23.8 Å². The van der Waals surface area contributed by atoms with E-state index in [0.29, 0.717) is 25.0 Å². The third-order valence-electron chi connectivity index (χ3n) is 6.16. The molecule has 2 unspecified atom stereocenters. The van der Waals surface area contributed by atoms with Gasteiger partial charge in [-0.25, -0.2) is 0 Å². The predicted molar refractivity (Wildman–Crippen MR) is 131 cm³/mol. The SMILES string of the molecule is CC(C)(C)c1ccc(C2COC([C+](C#N)C3=NC(c4ccc(C(C)(C)C)cc4)CO3)=N2)cc1. The average Bonchev–Trinajstić information content (AvgIpc) is 3.44. The number of benzene rings is 2. The summed E-state index contributed by atoms with van der Waals surface area (Å²) in [6.45, 7) is 14.0. The topological polar surface area (TPSA) is 67.0 Å². The smallest absolute Gasteiger partial charge is 0.413 e. The van der Waals surface area contributed by atoms with E-state index in [1.165, 1.54) is 11.1 Å². The molecule has 2 aliphatic rings. The normalized spacial score (nSPS) is 20.4. The molecule has 33 heavy (non-hydrogen) atoms. The summed E-state index contributed by atoms with van der Waals surface area (Å²) in [5.74, 6) is 0.882. The summed E-state index contributed by atoms with van der Waals surface area (Å²) >= 11 is 0.